The lowest BCUT2D eigenvalue weighted by Gasteiger charge is -2.17. The van der Waals surface area contributed by atoms with E-state index in [0.717, 1.165) is 0 Å². The van der Waals surface area contributed by atoms with Gasteiger partial charge in [-0.15, -0.1) is 0 Å². The summed E-state index contributed by atoms with van der Waals surface area (Å²) >= 11 is 0. The molecule has 21 heavy (non-hydrogen) atoms. The van der Waals surface area contributed by atoms with Crippen molar-refractivity contribution in [2.45, 2.75) is 24.5 Å². The van der Waals surface area contributed by atoms with Crippen molar-refractivity contribution in [3.05, 3.63) is 18.1 Å². The summed E-state index contributed by atoms with van der Waals surface area (Å²) in [5.74, 6) is 0.182. The first-order valence-electron chi connectivity index (χ1n) is 6.29. The van der Waals surface area contributed by atoms with Crippen LogP contribution in [0.25, 0.3) is 11.0 Å². The molecule has 2 aromatic heterocycles. The number of aliphatic hydroxyl groups is 2. The summed E-state index contributed by atoms with van der Waals surface area (Å²) in [7, 11) is 0. The maximum atomic E-state index is 9.93. The van der Waals surface area contributed by atoms with E-state index in [9.17, 15) is 15.5 Å². The van der Waals surface area contributed by atoms with E-state index in [4.69, 9.17) is 16.2 Å². The maximum absolute atomic E-state index is 9.93. The molecule has 1 saturated heterocycles. The minimum Gasteiger partial charge on any atom is -0.394 e. The molecule has 1 aliphatic rings. The quantitative estimate of drug-likeness (QED) is 0.518. The van der Waals surface area contributed by atoms with Gasteiger partial charge in [0.15, 0.2) is 6.23 Å². The maximum Gasteiger partial charge on any atom is 0.153 e. The smallest absolute Gasteiger partial charge is 0.153 e. The number of nitrogen functional groups attached to an aromatic ring is 1. The van der Waals surface area contributed by atoms with Crippen LogP contribution in [0.2, 0.25) is 0 Å². The summed E-state index contributed by atoms with van der Waals surface area (Å²) in [6.07, 6.45) is 0.230. The van der Waals surface area contributed by atoms with E-state index in [0.29, 0.717) is 16.6 Å². The Labute approximate surface area is 119 Å². The lowest BCUT2D eigenvalue weighted by molar-refractivity contribution is -0.0435. The van der Waals surface area contributed by atoms with Crippen LogP contribution in [0.1, 0.15) is 11.8 Å². The number of aliphatic hydroxyl groups excluding tert-OH is 2. The standard InChI is InChI=1S/C12H14N6O3/c13-1-5-2-18(11-7(5)10(15)16-4-17-11)12-8(14)9(20)6(3-19)21-12/h2,4,6,8-9,12,19-20H,3,14H2,(H2,15,16,17)/t6-,8+,9-,12-/m1/s1. The summed E-state index contributed by atoms with van der Waals surface area (Å²) in [6.45, 7) is -0.354. The van der Waals surface area contributed by atoms with E-state index in [1.165, 1.54) is 17.1 Å². The highest BCUT2D eigenvalue weighted by Crippen LogP contribution is 2.33. The first kappa shape index (κ1) is 13.7. The fraction of sp³-hybridized carbons (Fsp3) is 0.417. The van der Waals surface area contributed by atoms with Gasteiger partial charge in [0.25, 0.3) is 0 Å². The number of nitrogens with zero attached hydrogens (tertiary/aromatic N) is 4. The average Bonchev–Trinajstić information content (AvgIpc) is 2.99. The second-order valence-corrected chi connectivity index (χ2v) is 4.83. The minimum atomic E-state index is -1.01. The summed E-state index contributed by atoms with van der Waals surface area (Å²) in [5.41, 5.74) is 12.4. The SMILES string of the molecule is N#Cc1cn([C@@H]2O[C@H](CO)[C@@H](O)[C@@H]2N)c2ncnc(N)c12. The molecule has 0 aliphatic carbocycles. The third kappa shape index (κ3) is 1.93. The van der Waals surface area contributed by atoms with Gasteiger partial charge in [-0.2, -0.15) is 5.26 Å². The zero-order valence-corrected chi connectivity index (χ0v) is 10.9. The number of hydrogen-bond acceptors (Lipinski definition) is 8. The number of ether oxygens (including phenoxy) is 1. The van der Waals surface area contributed by atoms with Crippen LogP contribution < -0.4 is 11.5 Å². The summed E-state index contributed by atoms with van der Waals surface area (Å²) in [6, 6.07) is 1.25. The molecule has 9 nitrogen and oxygen atoms in total. The highest BCUT2D eigenvalue weighted by Gasteiger charge is 2.42. The molecule has 3 heterocycles. The van der Waals surface area contributed by atoms with Crippen molar-refractivity contribution in [2.75, 3.05) is 12.3 Å². The van der Waals surface area contributed by atoms with Crippen molar-refractivity contribution < 1.29 is 14.9 Å². The number of nitriles is 1. The molecule has 0 radical (unpaired) electrons. The van der Waals surface area contributed by atoms with Crippen LogP contribution in [-0.2, 0) is 4.74 Å². The lowest BCUT2D eigenvalue weighted by Crippen LogP contribution is -2.39. The van der Waals surface area contributed by atoms with Gasteiger partial charge in [-0.05, 0) is 0 Å². The third-order valence-corrected chi connectivity index (χ3v) is 3.63. The zero-order valence-electron chi connectivity index (χ0n) is 10.9. The van der Waals surface area contributed by atoms with Crippen molar-refractivity contribution in [1.82, 2.24) is 14.5 Å². The Kier molecular flexibility index (Phi) is 3.23. The predicted octanol–water partition coefficient (Wildman–Crippen LogP) is -1.54. The molecule has 2 aromatic rings. The Hall–Kier alpha value is -2.25. The molecule has 3 rings (SSSR count). The molecule has 0 spiro atoms. The molecule has 0 saturated carbocycles. The monoisotopic (exact) mass is 290 g/mol. The van der Waals surface area contributed by atoms with E-state index in [1.54, 1.807) is 0 Å². The number of anilines is 1. The number of aromatic nitrogens is 3. The molecule has 0 amide bonds. The number of hydrogen-bond donors (Lipinski definition) is 4. The Morgan fingerprint density at radius 2 is 2.24 bits per heavy atom. The van der Waals surface area contributed by atoms with Crippen LogP contribution >= 0.6 is 0 Å². The third-order valence-electron chi connectivity index (χ3n) is 3.63. The van der Waals surface area contributed by atoms with Gasteiger partial charge in [0.1, 0.15) is 36.1 Å². The average molecular weight is 290 g/mol. The molecule has 0 aromatic carbocycles. The topological polar surface area (TPSA) is 156 Å². The largest absolute Gasteiger partial charge is 0.394 e. The van der Waals surface area contributed by atoms with Crippen LogP contribution in [0.3, 0.4) is 0 Å². The molecular weight excluding hydrogens is 276 g/mol. The van der Waals surface area contributed by atoms with Gasteiger partial charge in [-0.1, -0.05) is 0 Å². The molecular formula is C12H14N6O3. The van der Waals surface area contributed by atoms with Crippen LogP contribution in [0.5, 0.6) is 0 Å². The predicted molar refractivity (Wildman–Crippen MR) is 71.6 cm³/mol. The molecule has 1 aliphatic heterocycles. The van der Waals surface area contributed by atoms with E-state index >= 15 is 0 Å². The second kappa shape index (κ2) is 4.94. The fourth-order valence-electron chi connectivity index (χ4n) is 2.56. The van der Waals surface area contributed by atoms with Crippen LogP contribution in [0.4, 0.5) is 5.82 Å². The van der Waals surface area contributed by atoms with Gasteiger partial charge in [-0.25, -0.2) is 9.97 Å². The molecule has 9 heteroatoms. The van der Waals surface area contributed by atoms with E-state index in [2.05, 4.69) is 9.97 Å². The van der Waals surface area contributed by atoms with E-state index < -0.39 is 24.5 Å². The first-order chi connectivity index (χ1) is 10.1. The number of rotatable bonds is 2. The zero-order chi connectivity index (χ0) is 15.1. The normalized spacial score (nSPS) is 28.9. The Morgan fingerprint density at radius 3 is 2.86 bits per heavy atom. The van der Waals surface area contributed by atoms with Gasteiger partial charge in [-0.3, -0.25) is 0 Å². The van der Waals surface area contributed by atoms with E-state index in [1.807, 2.05) is 6.07 Å². The summed E-state index contributed by atoms with van der Waals surface area (Å²) in [5, 5.41) is 28.7. The Balaban J connectivity index is 2.14. The minimum absolute atomic E-state index is 0.182. The van der Waals surface area contributed by atoms with Gasteiger partial charge >= 0.3 is 0 Å². The highest BCUT2D eigenvalue weighted by atomic mass is 16.5. The summed E-state index contributed by atoms with van der Waals surface area (Å²) in [4.78, 5) is 7.97. The molecule has 1 fully saturated rings. The van der Waals surface area contributed by atoms with Crippen LogP contribution in [0.15, 0.2) is 12.5 Å². The Morgan fingerprint density at radius 1 is 1.48 bits per heavy atom. The van der Waals surface area contributed by atoms with Crippen molar-refractivity contribution in [2.24, 2.45) is 5.73 Å². The summed E-state index contributed by atoms with van der Waals surface area (Å²) < 4.78 is 7.09. The van der Waals surface area contributed by atoms with Crippen molar-refractivity contribution in [3.8, 4) is 6.07 Å². The molecule has 6 N–H and O–H groups in total. The number of fused-ring (bicyclic) bond motifs is 1. The first-order valence-corrected chi connectivity index (χ1v) is 6.29. The molecule has 0 bridgehead atoms. The molecule has 0 unspecified atom stereocenters. The van der Waals surface area contributed by atoms with Crippen LogP contribution in [-0.4, -0.2) is 49.6 Å². The van der Waals surface area contributed by atoms with Gasteiger partial charge < -0.3 is 31.0 Å². The second-order valence-electron chi connectivity index (χ2n) is 4.83. The van der Waals surface area contributed by atoms with E-state index in [-0.39, 0.29) is 12.4 Å². The Bertz CT molecular complexity index is 724. The fourth-order valence-corrected chi connectivity index (χ4v) is 2.56. The van der Waals surface area contributed by atoms with Crippen molar-refractivity contribution >= 4 is 16.9 Å². The number of nitrogens with two attached hydrogens (primary N) is 2. The lowest BCUT2D eigenvalue weighted by atomic mass is 10.1. The molecule has 110 valence electrons. The van der Waals surface area contributed by atoms with Gasteiger partial charge in [0.05, 0.1) is 23.6 Å². The highest BCUT2D eigenvalue weighted by molar-refractivity contribution is 5.91. The van der Waals surface area contributed by atoms with Crippen molar-refractivity contribution in [1.29, 1.82) is 5.26 Å². The van der Waals surface area contributed by atoms with Gasteiger partial charge in [0.2, 0.25) is 0 Å². The van der Waals surface area contributed by atoms with Gasteiger partial charge in [0, 0.05) is 6.20 Å². The van der Waals surface area contributed by atoms with Crippen LogP contribution in [0, 0.1) is 11.3 Å². The molecule has 4 atom stereocenters. The van der Waals surface area contributed by atoms with Crippen molar-refractivity contribution in [3.63, 3.8) is 0 Å².